The number of nitrogens with zero attached hydrogens (tertiary/aromatic N) is 3. The second-order valence-corrected chi connectivity index (χ2v) is 12.1. The maximum atomic E-state index is 13.5. The van der Waals surface area contributed by atoms with Crippen LogP contribution in [0.2, 0.25) is 0 Å². The summed E-state index contributed by atoms with van der Waals surface area (Å²) in [5, 5.41) is 0. The molecule has 0 unspecified atom stereocenters. The molecule has 242 valence electrons. The van der Waals surface area contributed by atoms with Gasteiger partial charge in [0.25, 0.3) is 35.4 Å². The molecule has 0 N–H and O–H groups in total. The predicted molar refractivity (Wildman–Crippen MR) is 168 cm³/mol. The summed E-state index contributed by atoms with van der Waals surface area (Å²) in [7, 11) is 1.33. The lowest BCUT2D eigenvalue weighted by Crippen LogP contribution is -2.43. The van der Waals surface area contributed by atoms with Crippen LogP contribution in [0.4, 0.5) is 0 Å². The molecule has 0 radical (unpaired) electrons. The average molecular weight is 666 g/mol. The number of hydrogen-bond acceptors (Lipinski definition) is 10. The highest BCUT2D eigenvalue weighted by Gasteiger charge is 2.43. The van der Waals surface area contributed by atoms with Gasteiger partial charge in [0.05, 0.1) is 39.8 Å². The van der Waals surface area contributed by atoms with Crippen molar-refractivity contribution in [2.24, 2.45) is 0 Å². The van der Waals surface area contributed by atoms with E-state index in [1.54, 1.807) is 0 Å². The van der Waals surface area contributed by atoms with Crippen LogP contribution in [0.1, 0.15) is 121 Å². The predicted octanol–water partition coefficient (Wildman–Crippen LogP) is 2.99. The molecule has 0 aromatic heterocycles. The number of amides is 6. The summed E-state index contributed by atoms with van der Waals surface area (Å²) in [6.07, 6.45) is -0.273. The molecule has 8 rings (SSSR count). The minimum absolute atomic E-state index is 0.0223. The Kier molecular flexibility index (Phi) is 6.36. The van der Waals surface area contributed by atoms with E-state index in [1.807, 2.05) is 0 Å². The van der Waals surface area contributed by atoms with Gasteiger partial charge in [-0.05, 0) is 48.5 Å². The van der Waals surface area contributed by atoms with Crippen molar-refractivity contribution in [1.82, 2.24) is 14.7 Å². The van der Waals surface area contributed by atoms with E-state index in [4.69, 9.17) is 0 Å². The number of ketones is 4. The molecule has 0 saturated heterocycles. The Balaban J connectivity index is 1.02. The van der Waals surface area contributed by atoms with E-state index in [1.165, 1.54) is 79.8 Å². The van der Waals surface area contributed by atoms with E-state index in [0.29, 0.717) is 9.80 Å². The summed E-state index contributed by atoms with van der Waals surface area (Å²) in [4.78, 5) is 131. The molecule has 4 aliphatic rings. The lowest BCUT2D eigenvalue weighted by molar-refractivity contribution is 0.0468. The Labute approximate surface area is 280 Å². The summed E-state index contributed by atoms with van der Waals surface area (Å²) in [6, 6.07) is 15.8. The van der Waals surface area contributed by atoms with Gasteiger partial charge in [0.2, 0.25) is 0 Å². The van der Waals surface area contributed by atoms with Crippen LogP contribution in [-0.2, 0) is 0 Å². The highest BCUT2D eigenvalue weighted by Crippen LogP contribution is 2.31. The molecule has 13 heteroatoms. The quantitative estimate of drug-likeness (QED) is 0.169. The number of rotatable bonds is 6. The molecular weight excluding hydrogens is 646 g/mol. The normalized spacial score (nSPS) is 16.1. The van der Waals surface area contributed by atoms with Crippen LogP contribution in [0.25, 0.3) is 0 Å². The van der Waals surface area contributed by atoms with Gasteiger partial charge in [-0.15, -0.1) is 0 Å². The Morgan fingerprint density at radius 2 is 0.760 bits per heavy atom. The Morgan fingerprint density at radius 1 is 0.440 bits per heavy atom. The molecule has 13 nitrogen and oxygen atoms in total. The fourth-order valence-electron chi connectivity index (χ4n) is 6.59. The summed E-state index contributed by atoms with van der Waals surface area (Å²) < 4.78 is 0. The number of carbonyl (C=O) groups is 10. The molecule has 6 amide bonds. The molecule has 1 aliphatic carbocycles. The van der Waals surface area contributed by atoms with Crippen molar-refractivity contribution in [1.29, 1.82) is 0 Å². The summed E-state index contributed by atoms with van der Waals surface area (Å²) in [5.74, 6) is -6.22. The van der Waals surface area contributed by atoms with Crippen LogP contribution in [0.15, 0.2) is 72.8 Å². The van der Waals surface area contributed by atoms with Crippen molar-refractivity contribution in [3.8, 4) is 0 Å². The van der Waals surface area contributed by atoms with Crippen LogP contribution in [0, 0.1) is 0 Å². The fraction of sp³-hybridized carbons (Fsp3) is 0.0811. The third kappa shape index (κ3) is 4.19. The lowest BCUT2D eigenvalue weighted by Gasteiger charge is -2.20. The maximum absolute atomic E-state index is 13.5. The Morgan fingerprint density at radius 3 is 1.22 bits per heavy atom. The van der Waals surface area contributed by atoms with E-state index in [0.717, 1.165) is 4.90 Å². The van der Waals surface area contributed by atoms with Crippen molar-refractivity contribution in [2.45, 2.75) is 6.42 Å². The van der Waals surface area contributed by atoms with E-state index < -0.39 is 59.5 Å². The number of carbonyl (C=O) groups excluding carboxylic acids is 10. The molecule has 4 aromatic carbocycles. The molecule has 3 heterocycles. The van der Waals surface area contributed by atoms with Gasteiger partial charge < -0.3 is 0 Å². The minimum atomic E-state index is -0.854. The second kappa shape index (κ2) is 10.5. The van der Waals surface area contributed by atoms with Gasteiger partial charge >= 0.3 is 0 Å². The molecule has 3 aliphatic heterocycles. The first-order valence-electron chi connectivity index (χ1n) is 15.1. The van der Waals surface area contributed by atoms with Crippen molar-refractivity contribution in [3.63, 3.8) is 0 Å². The van der Waals surface area contributed by atoms with Gasteiger partial charge in [-0.2, -0.15) is 0 Å². The Hall–Kier alpha value is -7.02. The largest absolute Gasteiger partial charge is 0.294 e. The number of fused-ring (bicyclic) bond motifs is 4. The van der Waals surface area contributed by atoms with E-state index >= 15 is 0 Å². The van der Waals surface area contributed by atoms with Crippen molar-refractivity contribution >= 4 is 58.6 Å². The number of hydrogen-bond donors (Lipinski definition) is 0. The lowest BCUT2D eigenvalue weighted by atomic mass is 9.96. The molecular formula is C37H19N3O10. The fourth-order valence-corrected chi connectivity index (χ4v) is 6.59. The molecule has 0 spiro atoms. The third-order valence-electron chi connectivity index (χ3n) is 9.30. The Bertz CT molecular complexity index is 2460. The van der Waals surface area contributed by atoms with E-state index in [-0.39, 0.29) is 79.0 Å². The average Bonchev–Trinajstić information content (AvgIpc) is 3.72. The summed E-state index contributed by atoms with van der Waals surface area (Å²) in [6.45, 7) is -0.735. The number of benzene rings is 4. The smallest absolute Gasteiger partial charge is 0.263 e. The standard InChI is InChI=1S/C37H19N3O10/c1-38-32(45)21-7-3-17(11-25(21)33(38)46)31(44)19-5-9-23-27(13-19)37(50)40(35(23)48)15-39-34(47)22-8-4-18(12-26(22)36(39)49)30(43)16-2-6-20-24(10-16)29(42)14-28(20)41/h2-13H,14-15H2,1H3. The summed E-state index contributed by atoms with van der Waals surface area (Å²) >= 11 is 0. The van der Waals surface area contributed by atoms with Crippen LogP contribution in [-0.4, -0.2) is 87.0 Å². The first kappa shape index (κ1) is 30.3. The highest BCUT2D eigenvalue weighted by atomic mass is 16.2. The third-order valence-corrected chi connectivity index (χ3v) is 9.30. The van der Waals surface area contributed by atoms with Gasteiger partial charge in [-0.1, -0.05) is 24.3 Å². The molecule has 50 heavy (non-hydrogen) atoms. The number of imide groups is 3. The topological polar surface area (TPSA) is 180 Å². The minimum Gasteiger partial charge on any atom is -0.294 e. The molecule has 4 aromatic rings. The maximum Gasteiger partial charge on any atom is 0.263 e. The SMILES string of the molecule is CN1C(=O)c2ccc(C(=O)c3ccc4c(c3)C(=O)N(CN3C(=O)c5ccc(C(=O)c6ccc7c(c6)C(=O)CC7=O)cc5C3=O)C4=O)cc2C1=O. The zero-order chi connectivity index (χ0) is 35.3. The van der Waals surface area contributed by atoms with Gasteiger partial charge in [-0.25, -0.2) is 0 Å². The first-order valence-corrected chi connectivity index (χ1v) is 15.1. The molecule has 0 bridgehead atoms. The van der Waals surface area contributed by atoms with Gasteiger partial charge in [-0.3, -0.25) is 62.6 Å². The van der Waals surface area contributed by atoms with Crippen molar-refractivity contribution in [3.05, 3.63) is 140 Å². The van der Waals surface area contributed by atoms with E-state index in [9.17, 15) is 47.9 Å². The van der Waals surface area contributed by atoms with Crippen LogP contribution in [0.5, 0.6) is 0 Å². The van der Waals surface area contributed by atoms with Crippen LogP contribution >= 0.6 is 0 Å². The summed E-state index contributed by atoms with van der Waals surface area (Å²) in [5.41, 5.74) is 0.483. The first-order chi connectivity index (χ1) is 23.8. The number of Topliss-reactive ketones (excluding diaryl/α,β-unsaturated/α-hetero) is 2. The van der Waals surface area contributed by atoms with Crippen molar-refractivity contribution in [2.75, 3.05) is 13.7 Å². The van der Waals surface area contributed by atoms with Gasteiger partial charge in [0.15, 0.2) is 23.1 Å². The monoisotopic (exact) mass is 665 g/mol. The highest BCUT2D eigenvalue weighted by molar-refractivity contribution is 6.27. The molecule has 0 atom stereocenters. The van der Waals surface area contributed by atoms with Crippen molar-refractivity contribution < 1.29 is 47.9 Å². The molecule has 0 saturated carbocycles. The zero-order valence-electron chi connectivity index (χ0n) is 25.8. The van der Waals surface area contributed by atoms with Gasteiger partial charge in [0.1, 0.15) is 6.67 Å². The van der Waals surface area contributed by atoms with E-state index in [2.05, 4.69) is 0 Å². The molecule has 0 fully saturated rings. The van der Waals surface area contributed by atoms with Gasteiger partial charge in [0, 0.05) is 40.4 Å². The second-order valence-electron chi connectivity index (χ2n) is 12.1. The zero-order valence-corrected chi connectivity index (χ0v) is 25.8. The van der Waals surface area contributed by atoms with Crippen LogP contribution in [0.3, 0.4) is 0 Å². The van der Waals surface area contributed by atoms with Crippen LogP contribution < -0.4 is 0 Å².